The molecule has 314 valence electrons. The van der Waals surface area contributed by atoms with Crippen LogP contribution in [0.25, 0.3) is 0 Å². The van der Waals surface area contributed by atoms with Crippen LogP contribution in [0.1, 0.15) is 51.4 Å². The summed E-state index contributed by atoms with van der Waals surface area (Å²) in [4.78, 5) is 131. The lowest BCUT2D eigenvalue weighted by Crippen LogP contribution is -2.60. The van der Waals surface area contributed by atoms with Gasteiger partial charge in [0.15, 0.2) is 5.96 Å². The number of carboxylic acid groups (broad SMARTS) is 1. The van der Waals surface area contributed by atoms with Crippen LogP contribution < -0.4 is 61.0 Å². The fourth-order valence-electron chi connectivity index (χ4n) is 5.27. The van der Waals surface area contributed by atoms with Crippen molar-refractivity contribution >= 4 is 65.1 Å². The van der Waals surface area contributed by atoms with Crippen molar-refractivity contribution in [3.63, 3.8) is 0 Å². The molecule has 0 radical (unpaired) electrons. The average Bonchev–Trinajstić information content (AvgIpc) is 3.61. The minimum atomic E-state index is -1.86. The van der Waals surface area contributed by atoms with Crippen LogP contribution in [0.2, 0.25) is 0 Å². The number of aliphatic carboxylic acids is 1. The molecule has 0 aromatic rings. The lowest BCUT2D eigenvalue weighted by Gasteiger charge is -2.30. The Balaban J connectivity index is 3.41. The van der Waals surface area contributed by atoms with Gasteiger partial charge in [-0.1, -0.05) is 0 Å². The number of nitrogens with one attached hydrogen (secondary N) is 5. The number of hydrogen-bond donors (Lipinski definition) is 14. The highest BCUT2D eigenvalue weighted by molar-refractivity contribution is 5.99. The van der Waals surface area contributed by atoms with Gasteiger partial charge in [-0.25, -0.2) is 4.79 Å². The number of amides is 9. The van der Waals surface area contributed by atoms with Gasteiger partial charge in [0, 0.05) is 19.5 Å². The van der Waals surface area contributed by atoms with E-state index in [-0.39, 0.29) is 38.3 Å². The van der Waals surface area contributed by atoms with Crippen LogP contribution in [0.5, 0.6) is 0 Å². The highest BCUT2D eigenvalue weighted by Gasteiger charge is 2.40. The Morgan fingerprint density at radius 1 is 0.661 bits per heavy atom. The van der Waals surface area contributed by atoms with E-state index in [9.17, 15) is 58.2 Å². The second kappa shape index (κ2) is 23.6. The normalized spacial score (nSPS) is 16.7. The van der Waals surface area contributed by atoms with Crippen LogP contribution >= 0.6 is 0 Å². The molecule has 1 aliphatic heterocycles. The maximum atomic E-state index is 13.9. The van der Waals surface area contributed by atoms with E-state index in [0.29, 0.717) is 6.42 Å². The Labute approximate surface area is 319 Å². The summed E-state index contributed by atoms with van der Waals surface area (Å²) in [6, 6.07) is -11.1. The molecule has 1 saturated heterocycles. The maximum absolute atomic E-state index is 13.9. The minimum Gasteiger partial charge on any atom is -0.480 e. The van der Waals surface area contributed by atoms with Gasteiger partial charge in [-0.05, 0) is 32.1 Å². The number of hydrogen-bond acceptors (Lipinski definition) is 14. The molecule has 0 aromatic carbocycles. The third kappa shape index (κ3) is 16.5. The number of nitrogens with zero attached hydrogens (tertiary/aromatic N) is 2. The lowest BCUT2D eigenvalue weighted by atomic mass is 10.0. The molecule has 56 heavy (non-hydrogen) atoms. The molecule has 0 unspecified atom stereocenters. The van der Waals surface area contributed by atoms with Gasteiger partial charge in [0.2, 0.25) is 53.2 Å². The summed E-state index contributed by atoms with van der Waals surface area (Å²) in [5, 5.41) is 38.8. The van der Waals surface area contributed by atoms with Gasteiger partial charge >= 0.3 is 5.97 Å². The van der Waals surface area contributed by atoms with E-state index in [4.69, 9.17) is 39.5 Å². The molecular weight excluding hydrogens is 750 g/mol. The monoisotopic (exact) mass is 801 g/mol. The van der Waals surface area contributed by atoms with Crippen molar-refractivity contribution in [2.45, 2.75) is 93.7 Å². The second-order valence-corrected chi connectivity index (χ2v) is 12.6. The molecule has 26 nitrogen and oxygen atoms in total. The van der Waals surface area contributed by atoms with Crippen molar-refractivity contribution in [2.24, 2.45) is 39.4 Å². The van der Waals surface area contributed by atoms with Crippen LogP contribution in [0.4, 0.5) is 0 Å². The average molecular weight is 802 g/mol. The van der Waals surface area contributed by atoms with E-state index in [2.05, 4.69) is 31.6 Å². The van der Waals surface area contributed by atoms with Crippen molar-refractivity contribution < 1.29 is 63.3 Å². The number of carboxylic acids is 1. The largest absolute Gasteiger partial charge is 0.480 e. The fraction of sp³-hybridized carbons (Fsp3) is 0.633. The summed E-state index contributed by atoms with van der Waals surface area (Å²) >= 11 is 0. The standard InChI is InChI=1S/C30H51N13O13/c31-13(11-44)23(49)40-16(9-21(33)47)26(52)41-17(10-22(34)48)25(51)38-14(5-6-20(32)46)24(50)39-15(3-1-7-37-30(35)36)28(54)43-8-2-4-19(43)27(53)42-18(12-45)29(55)56/h13-19,44-45H,1-12,31H2,(H2,32,46)(H2,33,47)(H2,34,48)(H,38,51)(H,39,50)(H,40,49)(H,41,52)(H,42,53)(H,55,56)(H4,35,36,37)/t13-,14-,15-,16-,17-,18-,19-/m0/s1. The van der Waals surface area contributed by atoms with E-state index < -0.39 is 140 Å². The van der Waals surface area contributed by atoms with E-state index in [1.54, 1.807) is 0 Å². The number of rotatable bonds is 25. The zero-order valence-corrected chi connectivity index (χ0v) is 30.3. The molecule has 0 saturated carbocycles. The van der Waals surface area contributed by atoms with E-state index in [1.165, 1.54) is 0 Å². The third-order valence-electron chi connectivity index (χ3n) is 8.12. The van der Waals surface area contributed by atoms with E-state index in [0.717, 1.165) is 4.90 Å². The molecule has 1 fully saturated rings. The molecule has 0 bridgehead atoms. The number of carbonyl (C=O) groups excluding carboxylic acids is 9. The first-order chi connectivity index (χ1) is 26.2. The van der Waals surface area contributed by atoms with Crippen molar-refractivity contribution in [3.05, 3.63) is 0 Å². The summed E-state index contributed by atoms with van der Waals surface area (Å²) in [5.41, 5.74) is 31.9. The number of carbonyl (C=O) groups is 10. The Bertz CT molecular complexity index is 1510. The van der Waals surface area contributed by atoms with Gasteiger partial charge in [-0.15, -0.1) is 0 Å². The first-order valence-corrected chi connectivity index (χ1v) is 17.1. The van der Waals surface area contributed by atoms with Gasteiger partial charge in [-0.2, -0.15) is 0 Å². The topological polar surface area (TPSA) is 463 Å². The molecular formula is C30H51N13O13. The van der Waals surface area contributed by atoms with Crippen LogP contribution in [0, 0.1) is 0 Å². The Hall–Kier alpha value is -6.15. The number of guanidine groups is 1. The highest BCUT2D eigenvalue weighted by atomic mass is 16.4. The zero-order chi connectivity index (χ0) is 42.7. The zero-order valence-electron chi connectivity index (χ0n) is 30.3. The number of primary amides is 3. The third-order valence-corrected chi connectivity index (χ3v) is 8.12. The van der Waals surface area contributed by atoms with Gasteiger partial charge in [0.1, 0.15) is 42.3 Å². The molecule has 1 aliphatic rings. The van der Waals surface area contributed by atoms with Crippen LogP contribution in [-0.2, 0) is 47.9 Å². The Morgan fingerprint density at radius 2 is 1.18 bits per heavy atom. The van der Waals surface area contributed by atoms with E-state index >= 15 is 0 Å². The van der Waals surface area contributed by atoms with Crippen molar-refractivity contribution in [1.29, 1.82) is 0 Å². The van der Waals surface area contributed by atoms with Gasteiger partial charge in [0.05, 0.1) is 26.1 Å². The van der Waals surface area contributed by atoms with Gasteiger partial charge < -0.3 is 81.2 Å². The first kappa shape index (κ1) is 47.9. The van der Waals surface area contributed by atoms with Crippen molar-refractivity contribution in [3.8, 4) is 0 Å². The van der Waals surface area contributed by atoms with E-state index in [1.807, 2.05) is 0 Å². The molecule has 1 rings (SSSR count). The number of nitrogens with two attached hydrogens (primary N) is 6. The molecule has 0 spiro atoms. The van der Waals surface area contributed by atoms with Gasteiger partial charge in [-0.3, -0.25) is 48.1 Å². The Morgan fingerprint density at radius 3 is 1.66 bits per heavy atom. The molecule has 7 atom stereocenters. The highest BCUT2D eigenvalue weighted by Crippen LogP contribution is 2.20. The summed E-state index contributed by atoms with van der Waals surface area (Å²) in [5.74, 6) is -11.2. The maximum Gasteiger partial charge on any atom is 0.328 e. The number of aliphatic imine (C=N–C) groups is 1. The predicted octanol–water partition coefficient (Wildman–Crippen LogP) is -9.13. The summed E-state index contributed by atoms with van der Waals surface area (Å²) in [6.45, 7) is -1.78. The first-order valence-electron chi connectivity index (χ1n) is 17.1. The smallest absolute Gasteiger partial charge is 0.328 e. The molecule has 0 aliphatic carbocycles. The number of aliphatic hydroxyl groups is 2. The van der Waals surface area contributed by atoms with Crippen LogP contribution in [0.15, 0.2) is 4.99 Å². The summed E-state index contributed by atoms with van der Waals surface area (Å²) in [7, 11) is 0. The number of aliphatic hydroxyl groups excluding tert-OH is 2. The van der Waals surface area contributed by atoms with Crippen molar-refractivity contribution in [1.82, 2.24) is 31.5 Å². The molecule has 0 aromatic heterocycles. The van der Waals surface area contributed by atoms with Gasteiger partial charge in [0.25, 0.3) is 0 Å². The lowest BCUT2D eigenvalue weighted by molar-refractivity contribution is -0.145. The SMILES string of the molecule is NC(=O)CC[C@H](NC(=O)[C@H](CC(N)=O)NC(=O)[C@H](CC(N)=O)NC(=O)[C@@H](N)CO)C(=O)N[C@@H](CCCN=C(N)N)C(=O)N1CCC[C@H]1C(=O)N[C@@H](CO)C(=O)O. The second-order valence-electron chi connectivity index (χ2n) is 12.6. The predicted molar refractivity (Wildman–Crippen MR) is 190 cm³/mol. The number of likely N-dealkylation sites (tertiary alicyclic amines) is 1. The van der Waals surface area contributed by atoms with Crippen molar-refractivity contribution in [2.75, 3.05) is 26.3 Å². The molecule has 1 heterocycles. The summed E-state index contributed by atoms with van der Waals surface area (Å²) in [6.07, 6.45) is -2.35. The molecule has 26 heteroatoms. The minimum absolute atomic E-state index is 0.00747. The molecule has 9 amide bonds. The molecule has 20 N–H and O–H groups in total. The Kier molecular flexibility index (Phi) is 20.2. The van der Waals surface area contributed by atoms with Crippen LogP contribution in [0.3, 0.4) is 0 Å². The fourth-order valence-corrected chi connectivity index (χ4v) is 5.27. The van der Waals surface area contributed by atoms with Crippen LogP contribution in [-0.4, -0.2) is 154 Å². The quantitative estimate of drug-likeness (QED) is 0.0231. The summed E-state index contributed by atoms with van der Waals surface area (Å²) < 4.78 is 0.